The molecule has 1 N–H and O–H groups in total. The minimum absolute atomic E-state index is 0.127. The van der Waals surface area contributed by atoms with E-state index in [0.29, 0.717) is 13.1 Å². The molecule has 2 heterocycles. The lowest BCUT2D eigenvalue weighted by atomic mass is 10.1. The summed E-state index contributed by atoms with van der Waals surface area (Å²) < 4.78 is 19.9. The fourth-order valence-electron chi connectivity index (χ4n) is 3.33. The van der Waals surface area contributed by atoms with Gasteiger partial charge in [-0.3, -0.25) is 4.90 Å². The van der Waals surface area contributed by atoms with Crippen LogP contribution in [-0.2, 0) is 6.54 Å². The van der Waals surface area contributed by atoms with Crippen LogP contribution >= 0.6 is 0 Å². The van der Waals surface area contributed by atoms with Crippen LogP contribution in [0.25, 0.3) is 0 Å². The van der Waals surface area contributed by atoms with Crippen LogP contribution in [0, 0.1) is 5.82 Å². The third-order valence-electron chi connectivity index (χ3n) is 4.68. The van der Waals surface area contributed by atoms with E-state index in [9.17, 15) is 4.39 Å². The van der Waals surface area contributed by atoms with Gasteiger partial charge in [0.05, 0.1) is 12.3 Å². The molecule has 3 rings (SSSR count). The first kappa shape index (κ1) is 17.0. The largest absolute Gasteiger partial charge is 0.468 e. The predicted molar refractivity (Wildman–Crippen MR) is 94.7 cm³/mol. The molecule has 1 fully saturated rings. The van der Waals surface area contributed by atoms with E-state index in [-0.39, 0.29) is 11.9 Å². The lowest BCUT2D eigenvalue weighted by Gasteiger charge is -2.25. The van der Waals surface area contributed by atoms with Gasteiger partial charge in [0.1, 0.15) is 11.6 Å². The Morgan fingerprint density at radius 3 is 2.67 bits per heavy atom. The second kappa shape index (κ2) is 7.81. The molecule has 1 aromatic carbocycles. The maximum Gasteiger partial charge on any atom is 0.129 e. The van der Waals surface area contributed by atoms with Gasteiger partial charge in [-0.2, -0.15) is 0 Å². The molecule has 0 saturated carbocycles. The van der Waals surface area contributed by atoms with Gasteiger partial charge in [-0.25, -0.2) is 4.39 Å². The fourth-order valence-corrected chi connectivity index (χ4v) is 3.33. The average Bonchev–Trinajstić information content (AvgIpc) is 3.25. The highest BCUT2D eigenvalue weighted by molar-refractivity contribution is 5.54. The van der Waals surface area contributed by atoms with Gasteiger partial charge in [0.15, 0.2) is 0 Å². The first-order valence-electron chi connectivity index (χ1n) is 8.59. The van der Waals surface area contributed by atoms with Gasteiger partial charge in [-0.05, 0) is 51.2 Å². The lowest BCUT2D eigenvalue weighted by molar-refractivity contribution is 0.250. The average molecular weight is 331 g/mol. The zero-order chi connectivity index (χ0) is 16.9. The van der Waals surface area contributed by atoms with Crippen LogP contribution in [0.15, 0.2) is 41.0 Å². The van der Waals surface area contributed by atoms with Gasteiger partial charge in [-0.15, -0.1) is 0 Å². The van der Waals surface area contributed by atoms with Crippen molar-refractivity contribution >= 4 is 5.69 Å². The predicted octanol–water partition coefficient (Wildman–Crippen LogP) is 3.41. The maximum atomic E-state index is 14.4. The Morgan fingerprint density at radius 2 is 2.00 bits per heavy atom. The van der Waals surface area contributed by atoms with Crippen LogP contribution in [0.1, 0.15) is 30.2 Å². The lowest BCUT2D eigenvalue weighted by Crippen LogP contribution is -2.31. The monoisotopic (exact) mass is 331 g/mol. The Labute approximate surface area is 143 Å². The number of hydrogen-bond acceptors (Lipinski definition) is 4. The first-order valence-corrected chi connectivity index (χ1v) is 8.59. The molecule has 4 nitrogen and oxygen atoms in total. The van der Waals surface area contributed by atoms with Crippen molar-refractivity contribution in [3.8, 4) is 0 Å². The Bertz CT molecular complexity index is 636. The third-order valence-corrected chi connectivity index (χ3v) is 4.68. The molecule has 1 saturated heterocycles. The minimum Gasteiger partial charge on any atom is -0.468 e. The number of anilines is 1. The minimum atomic E-state index is -0.133. The van der Waals surface area contributed by atoms with Crippen LogP contribution in [0.4, 0.5) is 10.1 Å². The standard InChI is InChI=1S/C19H26FN3O/c1-22(2)18(19-9-6-12-24-19)14-21-13-15-16(20)7-5-8-17(15)23-10-3-4-11-23/h5-9,12,18,21H,3-4,10-11,13-14H2,1-2H3. The molecule has 1 aromatic heterocycles. The van der Waals surface area contributed by atoms with E-state index in [1.165, 1.54) is 12.8 Å². The van der Waals surface area contributed by atoms with Crippen molar-refractivity contribution in [2.24, 2.45) is 0 Å². The summed E-state index contributed by atoms with van der Waals surface area (Å²) in [4.78, 5) is 4.39. The second-order valence-corrected chi connectivity index (χ2v) is 6.56. The van der Waals surface area contributed by atoms with Gasteiger partial charge in [-0.1, -0.05) is 6.07 Å². The van der Waals surface area contributed by atoms with Crippen molar-refractivity contribution in [2.75, 3.05) is 38.6 Å². The number of benzene rings is 1. The molecular weight excluding hydrogens is 305 g/mol. The normalized spacial score (nSPS) is 16.1. The zero-order valence-corrected chi connectivity index (χ0v) is 14.5. The highest BCUT2D eigenvalue weighted by atomic mass is 19.1. The van der Waals surface area contributed by atoms with E-state index >= 15 is 0 Å². The molecule has 0 radical (unpaired) electrons. The van der Waals surface area contributed by atoms with Crippen LogP contribution in [0.5, 0.6) is 0 Å². The zero-order valence-electron chi connectivity index (χ0n) is 14.5. The molecule has 0 amide bonds. The number of rotatable bonds is 7. The number of nitrogens with zero attached hydrogens (tertiary/aromatic N) is 2. The van der Waals surface area contributed by atoms with E-state index in [1.54, 1.807) is 18.4 Å². The van der Waals surface area contributed by atoms with Crippen LogP contribution in [0.2, 0.25) is 0 Å². The maximum absolute atomic E-state index is 14.4. The van der Waals surface area contributed by atoms with Crippen molar-refractivity contribution in [3.05, 3.63) is 53.7 Å². The Balaban J connectivity index is 1.68. The SMILES string of the molecule is CN(C)C(CNCc1c(F)cccc1N1CCCC1)c1ccco1. The highest BCUT2D eigenvalue weighted by Crippen LogP contribution is 2.27. The molecule has 24 heavy (non-hydrogen) atoms. The topological polar surface area (TPSA) is 31.6 Å². The fraction of sp³-hybridized carbons (Fsp3) is 0.474. The molecule has 1 aliphatic heterocycles. The van der Waals surface area contributed by atoms with Crippen LogP contribution in [-0.4, -0.2) is 38.6 Å². The first-order chi connectivity index (χ1) is 11.7. The third kappa shape index (κ3) is 3.79. The molecule has 0 aliphatic carbocycles. The number of furan rings is 1. The summed E-state index contributed by atoms with van der Waals surface area (Å²) >= 11 is 0. The molecule has 0 bridgehead atoms. The van der Waals surface area contributed by atoms with Gasteiger partial charge in [0.25, 0.3) is 0 Å². The van der Waals surface area contributed by atoms with Crippen LogP contribution < -0.4 is 10.2 Å². The Kier molecular flexibility index (Phi) is 5.53. The molecule has 0 spiro atoms. The summed E-state index contributed by atoms with van der Waals surface area (Å²) in [5, 5.41) is 3.41. The molecule has 1 atom stereocenters. The van der Waals surface area contributed by atoms with E-state index in [2.05, 4.69) is 15.1 Å². The van der Waals surface area contributed by atoms with E-state index in [0.717, 1.165) is 30.1 Å². The summed E-state index contributed by atoms with van der Waals surface area (Å²) in [6.07, 6.45) is 4.06. The van der Waals surface area contributed by atoms with E-state index < -0.39 is 0 Å². The highest BCUT2D eigenvalue weighted by Gasteiger charge is 2.20. The molecule has 2 aromatic rings. The van der Waals surface area contributed by atoms with Crippen molar-refractivity contribution < 1.29 is 8.81 Å². The number of hydrogen-bond donors (Lipinski definition) is 1. The molecule has 1 unspecified atom stereocenters. The van der Waals surface area contributed by atoms with Crippen molar-refractivity contribution in [1.29, 1.82) is 0 Å². The summed E-state index contributed by atoms with van der Waals surface area (Å²) in [6, 6.07) is 9.38. The molecular formula is C19H26FN3O. The smallest absolute Gasteiger partial charge is 0.129 e. The van der Waals surface area contributed by atoms with Gasteiger partial charge < -0.3 is 14.6 Å². The van der Waals surface area contributed by atoms with E-state index in [1.807, 2.05) is 32.3 Å². The summed E-state index contributed by atoms with van der Waals surface area (Å²) in [6.45, 7) is 3.25. The Morgan fingerprint density at radius 1 is 1.21 bits per heavy atom. The summed E-state index contributed by atoms with van der Waals surface area (Å²) in [7, 11) is 4.04. The number of likely N-dealkylation sites (N-methyl/N-ethyl adjacent to an activating group) is 1. The van der Waals surface area contributed by atoms with Crippen molar-refractivity contribution in [3.63, 3.8) is 0 Å². The van der Waals surface area contributed by atoms with Gasteiger partial charge in [0.2, 0.25) is 0 Å². The van der Waals surface area contributed by atoms with Gasteiger partial charge in [0, 0.05) is 37.4 Å². The van der Waals surface area contributed by atoms with Crippen molar-refractivity contribution in [1.82, 2.24) is 10.2 Å². The van der Waals surface area contributed by atoms with E-state index in [4.69, 9.17) is 4.42 Å². The second-order valence-electron chi connectivity index (χ2n) is 6.56. The Hall–Kier alpha value is -1.85. The van der Waals surface area contributed by atoms with Crippen LogP contribution in [0.3, 0.4) is 0 Å². The molecule has 1 aliphatic rings. The summed E-state index contributed by atoms with van der Waals surface area (Å²) in [5.74, 6) is 0.784. The molecule has 5 heteroatoms. The van der Waals surface area contributed by atoms with Crippen molar-refractivity contribution in [2.45, 2.75) is 25.4 Å². The van der Waals surface area contributed by atoms with Gasteiger partial charge >= 0.3 is 0 Å². The molecule has 130 valence electrons. The number of nitrogens with one attached hydrogen (secondary N) is 1. The number of halogens is 1. The summed E-state index contributed by atoms with van der Waals surface area (Å²) in [5.41, 5.74) is 1.79. The quantitative estimate of drug-likeness (QED) is 0.842.